The van der Waals surface area contributed by atoms with Crippen LogP contribution >= 0.6 is 0 Å². The maximum atomic E-state index is 10.9. The molecule has 0 saturated heterocycles. The van der Waals surface area contributed by atoms with Crippen LogP contribution in [0.25, 0.3) is 0 Å². The van der Waals surface area contributed by atoms with Gasteiger partial charge in [0.15, 0.2) is 0 Å². The minimum atomic E-state index is -0.865. The van der Waals surface area contributed by atoms with Gasteiger partial charge in [0.2, 0.25) is 0 Å². The van der Waals surface area contributed by atoms with Crippen LogP contribution in [-0.4, -0.2) is 17.1 Å². The second-order valence-corrected chi connectivity index (χ2v) is 6.17. The molecular formula is C18H27NO2. The third kappa shape index (κ3) is 4.76. The normalized spacial score (nSPS) is 18.0. The molecule has 0 aromatic heterocycles. The Hall–Kier alpha value is -1.51. The third-order valence-corrected chi connectivity index (χ3v) is 4.55. The molecule has 1 fully saturated rings. The van der Waals surface area contributed by atoms with E-state index in [9.17, 15) is 4.79 Å². The molecule has 1 aromatic rings. The van der Waals surface area contributed by atoms with Gasteiger partial charge in [-0.1, -0.05) is 39.0 Å². The number of benzene rings is 1. The first kappa shape index (κ1) is 15.9. The fraction of sp³-hybridized carbons (Fsp3) is 0.611. The Balaban J connectivity index is 2.02. The van der Waals surface area contributed by atoms with Gasteiger partial charge in [-0.15, -0.1) is 0 Å². The fourth-order valence-electron chi connectivity index (χ4n) is 3.37. The van der Waals surface area contributed by atoms with Crippen molar-refractivity contribution < 1.29 is 9.90 Å². The van der Waals surface area contributed by atoms with Gasteiger partial charge in [0.25, 0.3) is 0 Å². The Labute approximate surface area is 127 Å². The average Bonchev–Trinajstić information content (AvgIpc) is 2.76. The number of carbonyl (C=O) groups is 1. The van der Waals surface area contributed by atoms with Crippen molar-refractivity contribution in [2.75, 3.05) is 5.32 Å². The molecule has 0 aliphatic heterocycles. The van der Waals surface area contributed by atoms with E-state index >= 15 is 0 Å². The number of hydrogen-bond acceptors (Lipinski definition) is 2. The molecule has 0 spiro atoms. The molecule has 116 valence electrons. The van der Waals surface area contributed by atoms with Crippen molar-refractivity contribution in [3.63, 3.8) is 0 Å². The molecular weight excluding hydrogens is 262 g/mol. The summed E-state index contributed by atoms with van der Waals surface area (Å²) in [5.41, 5.74) is 1.39. The summed E-state index contributed by atoms with van der Waals surface area (Å²) in [7, 11) is 0. The SMILES string of the molecule is CCCC(Nc1ccc(C(=O)O)cc1)C1CCCCCC1. The molecule has 21 heavy (non-hydrogen) atoms. The van der Waals surface area contributed by atoms with Gasteiger partial charge in [0, 0.05) is 11.7 Å². The van der Waals surface area contributed by atoms with Crippen LogP contribution in [0.1, 0.15) is 68.6 Å². The maximum absolute atomic E-state index is 10.9. The summed E-state index contributed by atoms with van der Waals surface area (Å²) in [6.45, 7) is 2.24. The lowest BCUT2D eigenvalue weighted by molar-refractivity contribution is 0.0697. The molecule has 1 atom stereocenters. The highest BCUT2D eigenvalue weighted by Gasteiger charge is 2.22. The predicted molar refractivity (Wildman–Crippen MR) is 86.9 cm³/mol. The summed E-state index contributed by atoms with van der Waals surface area (Å²) in [6, 6.07) is 7.66. The highest BCUT2D eigenvalue weighted by atomic mass is 16.4. The molecule has 0 bridgehead atoms. The highest BCUT2D eigenvalue weighted by molar-refractivity contribution is 5.87. The van der Waals surface area contributed by atoms with Crippen LogP contribution in [0.2, 0.25) is 0 Å². The Bertz CT molecular complexity index is 433. The van der Waals surface area contributed by atoms with E-state index in [1.165, 1.54) is 51.4 Å². The smallest absolute Gasteiger partial charge is 0.335 e. The van der Waals surface area contributed by atoms with Crippen LogP contribution in [0, 0.1) is 5.92 Å². The van der Waals surface area contributed by atoms with E-state index < -0.39 is 5.97 Å². The van der Waals surface area contributed by atoms with Crippen molar-refractivity contribution in [3.8, 4) is 0 Å². The van der Waals surface area contributed by atoms with Crippen molar-refractivity contribution in [3.05, 3.63) is 29.8 Å². The van der Waals surface area contributed by atoms with Crippen molar-refractivity contribution >= 4 is 11.7 Å². The van der Waals surface area contributed by atoms with Crippen LogP contribution < -0.4 is 5.32 Å². The zero-order valence-corrected chi connectivity index (χ0v) is 13.0. The zero-order valence-electron chi connectivity index (χ0n) is 13.0. The first-order valence-corrected chi connectivity index (χ1v) is 8.30. The standard InChI is InChI=1S/C18H27NO2/c1-2-7-17(14-8-5-3-4-6-9-14)19-16-12-10-15(11-13-16)18(20)21/h10-14,17,19H,2-9H2,1H3,(H,20,21). The van der Waals surface area contributed by atoms with Crippen LogP contribution in [0.4, 0.5) is 5.69 Å². The predicted octanol–water partition coefficient (Wildman–Crippen LogP) is 4.94. The molecule has 1 aromatic carbocycles. The molecule has 0 heterocycles. The van der Waals surface area contributed by atoms with E-state index in [2.05, 4.69) is 12.2 Å². The lowest BCUT2D eigenvalue weighted by atomic mass is 9.89. The molecule has 1 saturated carbocycles. The average molecular weight is 289 g/mol. The van der Waals surface area contributed by atoms with Crippen molar-refractivity contribution in [1.29, 1.82) is 0 Å². The second-order valence-electron chi connectivity index (χ2n) is 6.17. The third-order valence-electron chi connectivity index (χ3n) is 4.55. The van der Waals surface area contributed by atoms with Crippen LogP contribution in [0.5, 0.6) is 0 Å². The summed E-state index contributed by atoms with van der Waals surface area (Å²) in [5.74, 6) is -0.109. The van der Waals surface area contributed by atoms with E-state index in [-0.39, 0.29) is 0 Å². The van der Waals surface area contributed by atoms with Crippen LogP contribution in [0.3, 0.4) is 0 Å². The van der Waals surface area contributed by atoms with Gasteiger partial charge in [-0.2, -0.15) is 0 Å². The van der Waals surface area contributed by atoms with Gasteiger partial charge >= 0.3 is 5.97 Å². The van der Waals surface area contributed by atoms with Gasteiger partial charge in [0.1, 0.15) is 0 Å². The monoisotopic (exact) mass is 289 g/mol. The highest BCUT2D eigenvalue weighted by Crippen LogP contribution is 2.29. The lowest BCUT2D eigenvalue weighted by Gasteiger charge is -2.28. The number of carboxylic acid groups (broad SMARTS) is 1. The van der Waals surface area contributed by atoms with E-state index in [4.69, 9.17) is 5.11 Å². The van der Waals surface area contributed by atoms with E-state index in [0.717, 1.165) is 11.6 Å². The van der Waals surface area contributed by atoms with Crippen molar-refractivity contribution in [1.82, 2.24) is 0 Å². The quantitative estimate of drug-likeness (QED) is 0.729. The Morgan fingerprint density at radius 1 is 1.19 bits per heavy atom. The van der Waals surface area contributed by atoms with Crippen LogP contribution in [-0.2, 0) is 0 Å². The first-order valence-electron chi connectivity index (χ1n) is 8.30. The fourth-order valence-corrected chi connectivity index (χ4v) is 3.37. The van der Waals surface area contributed by atoms with Crippen LogP contribution in [0.15, 0.2) is 24.3 Å². The van der Waals surface area contributed by atoms with Gasteiger partial charge in [-0.3, -0.25) is 0 Å². The number of nitrogens with one attached hydrogen (secondary N) is 1. The zero-order chi connectivity index (χ0) is 15.1. The van der Waals surface area contributed by atoms with Gasteiger partial charge in [-0.05, 0) is 49.4 Å². The largest absolute Gasteiger partial charge is 0.478 e. The van der Waals surface area contributed by atoms with E-state index in [1.807, 2.05) is 12.1 Å². The molecule has 2 N–H and O–H groups in total. The summed E-state index contributed by atoms with van der Waals surface area (Å²) >= 11 is 0. The molecule has 2 rings (SSSR count). The summed E-state index contributed by atoms with van der Waals surface area (Å²) in [4.78, 5) is 10.9. The Morgan fingerprint density at radius 3 is 2.33 bits per heavy atom. The number of anilines is 1. The number of rotatable bonds is 6. The van der Waals surface area contributed by atoms with Gasteiger partial charge in [-0.25, -0.2) is 4.79 Å². The Morgan fingerprint density at radius 2 is 1.81 bits per heavy atom. The summed E-state index contributed by atoms with van der Waals surface area (Å²) in [5, 5.41) is 12.6. The second kappa shape index (κ2) is 8.06. The van der Waals surface area contributed by atoms with Crippen molar-refractivity contribution in [2.45, 2.75) is 64.3 Å². The summed E-state index contributed by atoms with van der Waals surface area (Å²) in [6.07, 6.45) is 10.5. The molecule has 1 aliphatic carbocycles. The molecule has 0 amide bonds. The van der Waals surface area contributed by atoms with Crippen molar-refractivity contribution in [2.24, 2.45) is 5.92 Å². The molecule has 3 heteroatoms. The number of carboxylic acids is 1. The van der Waals surface area contributed by atoms with E-state index in [0.29, 0.717) is 11.6 Å². The minimum absolute atomic E-state index is 0.349. The molecule has 0 radical (unpaired) electrons. The first-order chi connectivity index (χ1) is 10.2. The topological polar surface area (TPSA) is 49.3 Å². The number of hydrogen-bond donors (Lipinski definition) is 2. The molecule has 1 aliphatic rings. The lowest BCUT2D eigenvalue weighted by Crippen LogP contribution is -2.29. The van der Waals surface area contributed by atoms with E-state index in [1.54, 1.807) is 12.1 Å². The minimum Gasteiger partial charge on any atom is -0.478 e. The maximum Gasteiger partial charge on any atom is 0.335 e. The summed E-state index contributed by atoms with van der Waals surface area (Å²) < 4.78 is 0. The Kier molecular flexibility index (Phi) is 6.09. The van der Waals surface area contributed by atoms with Gasteiger partial charge < -0.3 is 10.4 Å². The number of aromatic carboxylic acids is 1. The molecule has 1 unspecified atom stereocenters. The molecule has 3 nitrogen and oxygen atoms in total. The van der Waals surface area contributed by atoms with Gasteiger partial charge in [0.05, 0.1) is 5.56 Å².